The maximum absolute atomic E-state index is 12.5. The normalized spacial score (nSPS) is 10.8. The van der Waals surface area contributed by atoms with Crippen molar-refractivity contribution in [3.05, 3.63) is 73.6 Å². The second-order valence-electron chi connectivity index (χ2n) is 5.32. The number of fused-ring (bicyclic) bond motifs is 1. The van der Waals surface area contributed by atoms with Crippen LogP contribution in [-0.2, 0) is 12.9 Å². The number of benzene rings is 2. The maximum Gasteiger partial charge on any atom is 0.269 e. The Morgan fingerprint density at radius 3 is 2.44 bits per heavy atom. The van der Waals surface area contributed by atoms with Gasteiger partial charge in [-0.1, -0.05) is 11.6 Å². The molecular formula is C17H12Cl2N2O4. The zero-order chi connectivity index (χ0) is 18.1. The monoisotopic (exact) mass is 378 g/mol. The molecule has 3 aromatic rings. The number of aromatic nitrogens is 1. The van der Waals surface area contributed by atoms with Crippen molar-refractivity contribution in [3.63, 3.8) is 0 Å². The van der Waals surface area contributed by atoms with Crippen molar-refractivity contribution in [2.24, 2.45) is 7.05 Å². The minimum absolute atomic E-state index is 0.0433. The quantitative estimate of drug-likeness (QED) is 0.376. The van der Waals surface area contributed by atoms with Crippen molar-refractivity contribution in [3.8, 4) is 11.5 Å². The Morgan fingerprint density at radius 1 is 1.16 bits per heavy atom. The third-order valence-corrected chi connectivity index (χ3v) is 4.31. The first-order valence-corrected chi connectivity index (χ1v) is 8.13. The first-order valence-electron chi connectivity index (χ1n) is 7.21. The molecule has 0 fully saturated rings. The number of ether oxygens (including phenoxy) is 1. The van der Waals surface area contributed by atoms with Crippen LogP contribution < -0.4 is 10.3 Å². The second kappa shape index (κ2) is 6.74. The van der Waals surface area contributed by atoms with Crippen LogP contribution in [0, 0.1) is 10.1 Å². The Labute approximate surface area is 152 Å². The van der Waals surface area contributed by atoms with Crippen LogP contribution in [0.4, 0.5) is 5.69 Å². The Morgan fingerprint density at radius 2 is 1.84 bits per heavy atom. The summed E-state index contributed by atoms with van der Waals surface area (Å²) in [4.78, 5) is 22.7. The molecule has 0 aliphatic carbocycles. The average molecular weight is 379 g/mol. The molecule has 8 heteroatoms. The molecule has 0 aliphatic heterocycles. The molecule has 0 N–H and O–H groups in total. The number of pyridine rings is 1. The number of rotatable bonds is 4. The molecule has 0 atom stereocenters. The van der Waals surface area contributed by atoms with E-state index in [1.54, 1.807) is 25.2 Å². The van der Waals surface area contributed by atoms with Crippen molar-refractivity contribution in [2.45, 2.75) is 5.88 Å². The van der Waals surface area contributed by atoms with Crippen LogP contribution in [0.5, 0.6) is 11.5 Å². The first-order chi connectivity index (χ1) is 11.9. The summed E-state index contributed by atoms with van der Waals surface area (Å²) in [6.45, 7) is 0. The van der Waals surface area contributed by atoms with Gasteiger partial charge >= 0.3 is 0 Å². The van der Waals surface area contributed by atoms with E-state index >= 15 is 0 Å². The summed E-state index contributed by atoms with van der Waals surface area (Å²) in [6.07, 6.45) is 0. The molecular weight excluding hydrogens is 367 g/mol. The Kier molecular flexibility index (Phi) is 4.65. The molecule has 0 radical (unpaired) electrons. The summed E-state index contributed by atoms with van der Waals surface area (Å²) in [5, 5.41) is 12.2. The zero-order valence-electron chi connectivity index (χ0n) is 13.0. The Bertz CT molecular complexity index is 1030. The van der Waals surface area contributed by atoms with Crippen molar-refractivity contribution in [1.82, 2.24) is 4.57 Å². The highest BCUT2D eigenvalue weighted by Crippen LogP contribution is 2.34. The Hall–Kier alpha value is -2.57. The molecule has 128 valence electrons. The van der Waals surface area contributed by atoms with Crippen LogP contribution in [0.3, 0.4) is 0 Å². The van der Waals surface area contributed by atoms with E-state index in [0.29, 0.717) is 33.0 Å². The van der Waals surface area contributed by atoms with Gasteiger partial charge in [0.25, 0.3) is 11.2 Å². The molecule has 3 rings (SSSR count). The fraction of sp³-hybridized carbons (Fsp3) is 0.118. The largest absolute Gasteiger partial charge is 0.455 e. The standard InChI is InChI=1S/C17H12Cl2N2O4/c1-20-15(9-18)16(14-8-10(19)2-7-13(14)17(20)22)25-12-5-3-11(4-6-12)21(23)24/h2-8H,9H2,1H3. The molecule has 0 amide bonds. The van der Waals surface area contributed by atoms with E-state index in [4.69, 9.17) is 27.9 Å². The van der Waals surface area contributed by atoms with Gasteiger partial charge in [-0.2, -0.15) is 0 Å². The molecule has 0 bridgehead atoms. The molecule has 0 saturated carbocycles. The van der Waals surface area contributed by atoms with Crippen LogP contribution in [0.1, 0.15) is 5.69 Å². The number of hydrogen-bond donors (Lipinski definition) is 0. The van der Waals surface area contributed by atoms with Crippen molar-refractivity contribution < 1.29 is 9.66 Å². The van der Waals surface area contributed by atoms with Crippen LogP contribution in [0.25, 0.3) is 10.8 Å². The van der Waals surface area contributed by atoms with E-state index in [1.165, 1.54) is 28.8 Å². The van der Waals surface area contributed by atoms with E-state index in [-0.39, 0.29) is 17.1 Å². The molecule has 2 aromatic carbocycles. The Balaban J connectivity index is 2.20. The number of non-ortho nitro benzene ring substituents is 1. The highest BCUT2D eigenvalue weighted by Gasteiger charge is 2.17. The predicted octanol–water partition coefficient (Wildman–Crippen LogP) is 4.63. The highest BCUT2D eigenvalue weighted by atomic mass is 35.5. The first kappa shape index (κ1) is 17.3. The lowest BCUT2D eigenvalue weighted by atomic mass is 10.1. The van der Waals surface area contributed by atoms with Gasteiger partial charge < -0.3 is 9.30 Å². The number of nitro groups is 1. The summed E-state index contributed by atoms with van der Waals surface area (Å²) in [5.41, 5.74) is 0.233. The second-order valence-corrected chi connectivity index (χ2v) is 6.02. The predicted molar refractivity (Wildman–Crippen MR) is 96.9 cm³/mol. The van der Waals surface area contributed by atoms with Crippen LogP contribution in [0.15, 0.2) is 47.3 Å². The van der Waals surface area contributed by atoms with Gasteiger partial charge in [-0.25, -0.2) is 0 Å². The van der Waals surface area contributed by atoms with Gasteiger partial charge in [-0.05, 0) is 30.3 Å². The van der Waals surface area contributed by atoms with Gasteiger partial charge in [0, 0.05) is 29.6 Å². The SMILES string of the molecule is Cn1c(CCl)c(Oc2ccc([N+](=O)[O-])cc2)c2cc(Cl)ccc2c1=O. The number of nitro benzene ring substituents is 1. The number of nitrogens with zero attached hydrogens (tertiary/aromatic N) is 2. The number of halogens is 2. The number of alkyl halides is 1. The molecule has 0 unspecified atom stereocenters. The summed E-state index contributed by atoms with van der Waals surface area (Å²) in [7, 11) is 1.61. The van der Waals surface area contributed by atoms with Crippen LogP contribution >= 0.6 is 23.2 Å². The van der Waals surface area contributed by atoms with E-state index in [2.05, 4.69) is 0 Å². The van der Waals surface area contributed by atoms with Gasteiger partial charge in [-0.15, -0.1) is 11.6 Å². The summed E-state index contributed by atoms with van der Waals surface area (Å²) < 4.78 is 7.33. The molecule has 6 nitrogen and oxygen atoms in total. The van der Waals surface area contributed by atoms with Crippen molar-refractivity contribution in [1.29, 1.82) is 0 Å². The van der Waals surface area contributed by atoms with E-state index in [1.807, 2.05) is 0 Å². The summed E-state index contributed by atoms with van der Waals surface area (Å²) >= 11 is 12.1. The minimum Gasteiger partial charge on any atom is -0.455 e. The lowest BCUT2D eigenvalue weighted by molar-refractivity contribution is -0.384. The summed E-state index contributed by atoms with van der Waals surface area (Å²) in [6, 6.07) is 10.5. The van der Waals surface area contributed by atoms with Gasteiger partial charge in [-0.3, -0.25) is 14.9 Å². The van der Waals surface area contributed by atoms with Crippen molar-refractivity contribution in [2.75, 3.05) is 0 Å². The minimum atomic E-state index is -0.491. The third-order valence-electron chi connectivity index (χ3n) is 3.82. The molecule has 1 aromatic heterocycles. The van der Waals surface area contributed by atoms with Gasteiger partial charge in [0.1, 0.15) is 5.75 Å². The lowest BCUT2D eigenvalue weighted by Gasteiger charge is -2.16. The topological polar surface area (TPSA) is 74.4 Å². The average Bonchev–Trinajstić information content (AvgIpc) is 2.60. The molecule has 0 aliphatic rings. The maximum atomic E-state index is 12.5. The summed E-state index contributed by atoms with van der Waals surface area (Å²) in [5.74, 6) is 0.830. The molecule has 25 heavy (non-hydrogen) atoms. The van der Waals surface area contributed by atoms with Crippen LogP contribution in [-0.4, -0.2) is 9.49 Å². The lowest BCUT2D eigenvalue weighted by Crippen LogP contribution is -2.21. The fourth-order valence-corrected chi connectivity index (χ4v) is 2.99. The van der Waals surface area contributed by atoms with E-state index in [9.17, 15) is 14.9 Å². The smallest absolute Gasteiger partial charge is 0.269 e. The highest BCUT2D eigenvalue weighted by molar-refractivity contribution is 6.31. The van der Waals surface area contributed by atoms with Crippen molar-refractivity contribution >= 4 is 39.7 Å². The molecule has 1 heterocycles. The van der Waals surface area contributed by atoms with Crippen LogP contribution in [0.2, 0.25) is 5.02 Å². The third kappa shape index (κ3) is 3.18. The fourth-order valence-electron chi connectivity index (χ4n) is 2.52. The van der Waals surface area contributed by atoms with E-state index < -0.39 is 4.92 Å². The van der Waals surface area contributed by atoms with Gasteiger partial charge in [0.05, 0.1) is 21.9 Å². The van der Waals surface area contributed by atoms with E-state index in [0.717, 1.165) is 0 Å². The van der Waals surface area contributed by atoms with Gasteiger partial charge in [0.2, 0.25) is 0 Å². The molecule has 0 spiro atoms. The zero-order valence-corrected chi connectivity index (χ0v) is 14.5. The molecule has 0 saturated heterocycles. The van der Waals surface area contributed by atoms with Gasteiger partial charge in [0.15, 0.2) is 5.75 Å². The number of hydrogen-bond acceptors (Lipinski definition) is 4.